The van der Waals surface area contributed by atoms with Crippen molar-refractivity contribution in [2.24, 2.45) is 0 Å². The van der Waals surface area contributed by atoms with Gasteiger partial charge in [-0.25, -0.2) is 8.42 Å². The van der Waals surface area contributed by atoms with Crippen LogP contribution in [0, 0.1) is 0 Å². The van der Waals surface area contributed by atoms with E-state index in [0.717, 1.165) is 33.4 Å². The Morgan fingerprint density at radius 1 is 1.33 bits per heavy atom. The molecule has 0 bridgehead atoms. The predicted molar refractivity (Wildman–Crippen MR) is 85.1 cm³/mol. The van der Waals surface area contributed by atoms with Gasteiger partial charge in [0.05, 0.1) is 22.4 Å². The number of carbonyl (C=O) groups excluding carboxylic acids is 1. The molecule has 3 heterocycles. The van der Waals surface area contributed by atoms with Crippen LogP contribution in [-0.2, 0) is 16.0 Å². The summed E-state index contributed by atoms with van der Waals surface area (Å²) in [5, 5.41) is 5.48. The maximum atomic E-state index is 12.9. The van der Waals surface area contributed by atoms with Gasteiger partial charge in [-0.05, 0) is 24.8 Å². The lowest BCUT2D eigenvalue weighted by Crippen LogP contribution is -2.36. The van der Waals surface area contributed by atoms with Crippen LogP contribution in [0.3, 0.4) is 0 Å². The second kappa shape index (κ2) is 5.85. The van der Waals surface area contributed by atoms with Gasteiger partial charge in [0.1, 0.15) is 4.21 Å². The average Bonchev–Trinajstić information content (AvgIpc) is 3.13. The summed E-state index contributed by atoms with van der Waals surface area (Å²) in [6, 6.07) is 0.963. The molecule has 0 fully saturated rings. The molecule has 1 N–H and O–H groups in total. The summed E-state index contributed by atoms with van der Waals surface area (Å²) < 4.78 is 63.5. The van der Waals surface area contributed by atoms with Gasteiger partial charge in [-0.15, -0.1) is 11.3 Å². The second-order valence-electron chi connectivity index (χ2n) is 5.48. The number of fused-ring (bicyclic) bond motifs is 1. The molecule has 3 rings (SSSR count). The Morgan fingerprint density at radius 3 is 2.71 bits per heavy atom. The number of carbonyl (C=O) groups is 1. The van der Waals surface area contributed by atoms with Gasteiger partial charge >= 0.3 is 6.18 Å². The Labute approximate surface area is 144 Å². The summed E-state index contributed by atoms with van der Waals surface area (Å²) in [6.45, 7) is 1.53. The largest absolute Gasteiger partial charge is 0.417 e. The molecular formula is C14H12F3NO3S3. The summed E-state index contributed by atoms with van der Waals surface area (Å²) in [5.74, 6) is -0.850. The van der Waals surface area contributed by atoms with E-state index in [1.54, 1.807) is 11.4 Å². The van der Waals surface area contributed by atoms with Crippen LogP contribution in [0.5, 0.6) is 0 Å². The van der Waals surface area contributed by atoms with E-state index in [-0.39, 0.29) is 10.6 Å². The topological polar surface area (TPSA) is 63.2 Å². The second-order valence-corrected chi connectivity index (χ2v) is 9.70. The molecule has 0 aliphatic carbocycles. The van der Waals surface area contributed by atoms with Crippen molar-refractivity contribution >= 4 is 38.4 Å². The molecule has 1 aliphatic rings. The van der Waals surface area contributed by atoms with Gasteiger partial charge in [0, 0.05) is 16.3 Å². The number of halogens is 3. The van der Waals surface area contributed by atoms with Crippen LogP contribution in [0.25, 0.3) is 0 Å². The number of thiophene rings is 2. The van der Waals surface area contributed by atoms with Crippen LogP contribution < -0.4 is 5.32 Å². The molecule has 0 spiro atoms. The number of nitrogens with one attached hydrogen (secondary N) is 1. The number of hydrogen-bond donors (Lipinski definition) is 1. The summed E-state index contributed by atoms with van der Waals surface area (Å²) in [5.41, 5.74) is -0.979. The standard InChI is InChI=1S/C14H12F3NO3S3/c1-7-4-11(8-2-3-23-13(8)24(7,20)21)18-12(19)9-5-22-6-10(9)14(15,16)17/h2-3,5-7,11H,4H2,1H3,(H,18,19)/t7-,11-/m0/s1. The van der Waals surface area contributed by atoms with Gasteiger partial charge in [0.25, 0.3) is 5.91 Å². The van der Waals surface area contributed by atoms with Crippen molar-refractivity contribution in [3.63, 3.8) is 0 Å². The first-order valence-corrected chi connectivity index (χ1v) is 10.2. The first kappa shape index (κ1) is 17.4. The molecule has 24 heavy (non-hydrogen) atoms. The lowest BCUT2D eigenvalue weighted by atomic mass is 10.0. The number of sulfone groups is 1. The van der Waals surface area contributed by atoms with E-state index in [1.807, 2.05) is 0 Å². The fourth-order valence-electron chi connectivity index (χ4n) is 2.63. The molecule has 4 nitrogen and oxygen atoms in total. The van der Waals surface area contributed by atoms with E-state index in [1.165, 1.54) is 6.92 Å². The van der Waals surface area contributed by atoms with E-state index in [0.29, 0.717) is 5.56 Å². The Hall–Kier alpha value is -1.39. The molecule has 0 aromatic carbocycles. The van der Waals surface area contributed by atoms with Crippen LogP contribution in [0.2, 0.25) is 0 Å². The molecule has 1 aliphatic heterocycles. The molecule has 10 heteroatoms. The Bertz CT molecular complexity index is 882. The SMILES string of the molecule is C[C@H]1C[C@H](NC(=O)c2cscc2C(F)(F)F)c2ccsc2S1(=O)=O. The summed E-state index contributed by atoms with van der Waals surface area (Å²) in [4.78, 5) is 12.3. The average molecular weight is 395 g/mol. The van der Waals surface area contributed by atoms with Crippen LogP contribution in [0.4, 0.5) is 13.2 Å². The molecule has 0 unspecified atom stereocenters. The first-order chi connectivity index (χ1) is 11.1. The van der Waals surface area contributed by atoms with Crippen LogP contribution in [0.1, 0.15) is 40.9 Å². The van der Waals surface area contributed by atoms with Gasteiger partial charge in [-0.2, -0.15) is 24.5 Å². The van der Waals surface area contributed by atoms with Gasteiger partial charge in [-0.1, -0.05) is 0 Å². The minimum Gasteiger partial charge on any atom is -0.345 e. The van der Waals surface area contributed by atoms with Crippen LogP contribution in [-0.4, -0.2) is 19.6 Å². The highest BCUT2D eigenvalue weighted by atomic mass is 32.2. The summed E-state index contributed by atoms with van der Waals surface area (Å²) >= 11 is 1.85. The van der Waals surface area contributed by atoms with E-state index in [9.17, 15) is 26.4 Å². The molecule has 0 saturated heterocycles. The van der Waals surface area contributed by atoms with Crippen molar-refractivity contribution in [1.29, 1.82) is 0 Å². The van der Waals surface area contributed by atoms with Gasteiger partial charge < -0.3 is 5.32 Å². The van der Waals surface area contributed by atoms with Gasteiger partial charge in [-0.3, -0.25) is 4.79 Å². The van der Waals surface area contributed by atoms with Crippen molar-refractivity contribution < 1.29 is 26.4 Å². The zero-order valence-corrected chi connectivity index (χ0v) is 14.7. The highest BCUT2D eigenvalue weighted by Gasteiger charge is 2.40. The minimum atomic E-state index is -4.61. The van der Waals surface area contributed by atoms with E-state index >= 15 is 0 Å². The normalized spacial score (nSPS) is 22.8. The third kappa shape index (κ3) is 2.86. The number of amides is 1. The Balaban J connectivity index is 1.91. The van der Waals surface area contributed by atoms with Crippen molar-refractivity contribution in [2.75, 3.05) is 0 Å². The monoisotopic (exact) mass is 395 g/mol. The third-order valence-electron chi connectivity index (χ3n) is 3.91. The zero-order chi connectivity index (χ0) is 17.7. The Morgan fingerprint density at radius 2 is 2.04 bits per heavy atom. The van der Waals surface area contributed by atoms with Crippen molar-refractivity contribution in [3.8, 4) is 0 Å². The van der Waals surface area contributed by atoms with E-state index in [4.69, 9.17) is 0 Å². The predicted octanol–water partition coefficient (Wildman–Crippen LogP) is 3.87. The molecule has 1 amide bonds. The molecule has 2 aromatic rings. The lowest BCUT2D eigenvalue weighted by Gasteiger charge is -2.28. The third-order valence-corrected chi connectivity index (χ3v) is 8.36. The maximum Gasteiger partial charge on any atom is 0.417 e. The Kier molecular flexibility index (Phi) is 4.25. The van der Waals surface area contributed by atoms with E-state index in [2.05, 4.69) is 5.32 Å². The minimum absolute atomic E-state index is 0.128. The maximum absolute atomic E-state index is 12.9. The summed E-state index contributed by atoms with van der Waals surface area (Å²) in [6.07, 6.45) is -4.48. The molecule has 2 aromatic heterocycles. The van der Waals surface area contributed by atoms with Crippen LogP contribution in [0.15, 0.2) is 26.4 Å². The fourth-order valence-corrected chi connectivity index (χ4v) is 6.69. The van der Waals surface area contributed by atoms with E-state index < -0.39 is 44.3 Å². The van der Waals surface area contributed by atoms with Crippen molar-refractivity contribution in [2.45, 2.75) is 35.0 Å². The number of alkyl halides is 3. The first-order valence-electron chi connectivity index (χ1n) is 6.88. The highest BCUT2D eigenvalue weighted by molar-refractivity contribution is 7.94. The molecule has 2 atom stereocenters. The van der Waals surface area contributed by atoms with Crippen molar-refractivity contribution in [3.05, 3.63) is 38.9 Å². The molecular weight excluding hydrogens is 383 g/mol. The molecule has 0 saturated carbocycles. The number of hydrogen-bond acceptors (Lipinski definition) is 5. The highest BCUT2D eigenvalue weighted by Crippen LogP contribution is 2.40. The van der Waals surface area contributed by atoms with Crippen LogP contribution >= 0.6 is 22.7 Å². The smallest absolute Gasteiger partial charge is 0.345 e. The molecule has 0 radical (unpaired) electrons. The summed E-state index contributed by atoms with van der Waals surface area (Å²) in [7, 11) is -3.44. The fraction of sp³-hybridized carbons (Fsp3) is 0.357. The van der Waals surface area contributed by atoms with Gasteiger partial charge in [0.2, 0.25) is 0 Å². The molecule has 130 valence electrons. The van der Waals surface area contributed by atoms with Crippen molar-refractivity contribution in [1.82, 2.24) is 5.32 Å². The van der Waals surface area contributed by atoms with Gasteiger partial charge in [0.15, 0.2) is 9.84 Å². The number of rotatable bonds is 2. The lowest BCUT2D eigenvalue weighted by molar-refractivity contribution is -0.137. The zero-order valence-electron chi connectivity index (χ0n) is 12.3. The quantitative estimate of drug-likeness (QED) is 0.840.